The molecule has 0 atom stereocenters. The first kappa shape index (κ1) is 35.6. The fourth-order valence-corrected chi connectivity index (χ4v) is 10.1. The number of thiophene rings is 1. The highest BCUT2D eigenvalue weighted by Crippen LogP contribution is 2.50. The summed E-state index contributed by atoms with van der Waals surface area (Å²) in [5.41, 5.74) is 15.6. The average molecular weight is 782 g/mol. The molecule has 0 spiro atoms. The fraction of sp³-hybridized carbons (Fsp3) is 0. The van der Waals surface area contributed by atoms with Gasteiger partial charge in [-0.1, -0.05) is 188 Å². The lowest BCUT2D eigenvalue weighted by atomic mass is 9.87. The number of rotatable bonds is 8. The highest BCUT2D eigenvalue weighted by Gasteiger charge is 2.21. The van der Waals surface area contributed by atoms with Crippen LogP contribution in [0.4, 0.5) is 17.1 Å². The SMILES string of the molecule is c1ccc(-c2ccc(N(c3ccc(-c4ccccc4)cc3)c3ccc(-c4ccc5sc6c(-c7ccccc7)c(-c7ccccc7)c7ccccc7c6c5c4)cc3)cc2)cc1. The summed E-state index contributed by atoms with van der Waals surface area (Å²) >= 11 is 1.90. The first-order chi connectivity index (χ1) is 29.8. The van der Waals surface area contributed by atoms with Gasteiger partial charge >= 0.3 is 0 Å². The van der Waals surface area contributed by atoms with Gasteiger partial charge in [-0.3, -0.25) is 0 Å². The summed E-state index contributed by atoms with van der Waals surface area (Å²) in [4.78, 5) is 2.35. The molecule has 0 unspecified atom stereocenters. The van der Waals surface area contributed by atoms with E-state index in [9.17, 15) is 0 Å². The first-order valence-electron chi connectivity index (χ1n) is 20.5. The molecule has 0 saturated heterocycles. The zero-order valence-electron chi connectivity index (χ0n) is 32.9. The standard InChI is InChI=1S/C58H39NS/c1-5-15-40(16-6-1)42-25-32-48(33-26-42)59(49-34-27-43(28-35-49)41-17-7-2-8-18-41)50-36-29-44(30-37-50)47-31-38-54-53(39-47)57-52-24-14-13-23-51(52)55(45-19-9-3-10-20-45)56(58(57)60-54)46-21-11-4-12-22-46/h1-39H. The van der Waals surface area contributed by atoms with Gasteiger partial charge in [0.2, 0.25) is 0 Å². The molecule has 2 heteroatoms. The summed E-state index contributed by atoms with van der Waals surface area (Å²) in [5, 5.41) is 5.19. The van der Waals surface area contributed by atoms with E-state index in [1.807, 2.05) is 11.3 Å². The second-order valence-corrected chi connectivity index (χ2v) is 16.3. The minimum atomic E-state index is 1.10. The topological polar surface area (TPSA) is 3.24 Å². The highest BCUT2D eigenvalue weighted by molar-refractivity contribution is 7.26. The van der Waals surface area contributed by atoms with Crippen molar-refractivity contribution < 1.29 is 0 Å². The van der Waals surface area contributed by atoms with E-state index in [1.54, 1.807) is 0 Å². The molecule has 1 heterocycles. The minimum absolute atomic E-state index is 1.10. The third-order valence-electron chi connectivity index (χ3n) is 11.7. The van der Waals surface area contributed by atoms with E-state index < -0.39 is 0 Å². The quantitative estimate of drug-likeness (QED) is 0.148. The number of anilines is 3. The number of hydrogen-bond donors (Lipinski definition) is 0. The third-order valence-corrected chi connectivity index (χ3v) is 12.9. The van der Waals surface area contributed by atoms with E-state index in [4.69, 9.17) is 0 Å². The number of benzene rings is 10. The molecule has 10 aromatic carbocycles. The highest BCUT2D eigenvalue weighted by atomic mass is 32.1. The summed E-state index contributed by atoms with van der Waals surface area (Å²) < 4.78 is 2.62. The Balaban J connectivity index is 1.02. The van der Waals surface area contributed by atoms with Crippen LogP contribution in [-0.2, 0) is 0 Å². The van der Waals surface area contributed by atoms with Crippen molar-refractivity contribution in [2.24, 2.45) is 0 Å². The zero-order chi connectivity index (χ0) is 39.8. The Morgan fingerprint density at radius 2 is 0.633 bits per heavy atom. The molecule has 0 N–H and O–H groups in total. The first-order valence-corrected chi connectivity index (χ1v) is 21.3. The van der Waals surface area contributed by atoms with Gasteiger partial charge in [-0.2, -0.15) is 0 Å². The van der Waals surface area contributed by atoms with Gasteiger partial charge in [-0.25, -0.2) is 0 Å². The Bertz CT molecular complexity index is 3160. The molecule has 11 aromatic rings. The maximum atomic E-state index is 2.41. The van der Waals surface area contributed by atoms with Crippen LogP contribution in [-0.4, -0.2) is 0 Å². The largest absolute Gasteiger partial charge is 0.311 e. The van der Waals surface area contributed by atoms with Gasteiger partial charge in [-0.05, 0) is 109 Å². The van der Waals surface area contributed by atoms with Crippen molar-refractivity contribution in [3.05, 3.63) is 237 Å². The third kappa shape index (κ3) is 6.44. The van der Waals surface area contributed by atoms with Gasteiger partial charge < -0.3 is 4.90 Å². The van der Waals surface area contributed by atoms with Crippen molar-refractivity contribution in [2.75, 3.05) is 4.90 Å². The summed E-state index contributed by atoms with van der Waals surface area (Å²) in [6, 6.07) is 85.8. The van der Waals surface area contributed by atoms with Crippen LogP contribution >= 0.6 is 11.3 Å². The maximum absolute atomic E-state index is 2.41. The van der Waals surface area contributed by atoms with Crippen LogP contribution in [0.3, 0.4) is 0 Å². The summed E-state index contributed by atoms with van der Waals surface area (Å²) in [5.74, 6) is 0. The number of hydrogen-bond acceptors (Lipinski definition) is 2. The van der Waals surface area contributed by atoms with Crippen LogP contribution in [0.1, 0.15) is 0 Å². The molecule has 0 amide bonds. The van der Waals surface area contributed by atoms with Crippen molar-refractivity contribution in [1.29, 1.82) is 0 Å². The summed E-state index contributed by atoms with van der Waals surface area (Å²) in [6.45, 7) is 0. The molecule has 0 fully saturated rings. The molecule has 282 valence electrons. The smallest absolute Gasteiger partial charge is 0.0462 e. The number of fused-ring (bicyclic) bond motifs is 5. The average Bonchev–Trinajstić information content (AvgIpc) is 3.72. The fourth-order valence-electron chi connectivity index (χ4n) is 8.79. The Labute approximate surface area is 354 Å². The lowest BCUT2D eigenvalue weighted by Gasteiger charge is -2.26. The Morgan fingerprint density at radius 3 is 1.12 bits per heavy atom. The van der Waals surface area contributed by atoms with Gasteiger partial charge in [-0.15, -0.1) is 11.3 Å². The van der Waals surface area contributed by atoms with Gasteiger partial charge in [0, 0.05) is 42.8 Å². The monoisotopic (exact) mass is 781 g/mol. The van der Waals surface area contributed by atoms with Crippen molar-refractivity contribution in [1.82, 2.24) is 0 Å². The van der Waals surface area contributed by atoms with E-state index in [2.05, 4.69) is 241 Å². The maximum Gasteiger partial charge on any atom is 0.0462 e. The molecule has 0 aliphatic carbocycles. The van der Waals surface area contributed by atoms with E-state index in [-0.39, 0.29) is 0 Å². The molecule has 60 heavy (non-hydrogen) atoms. The molecule has 0 aliphatic rings. The normalized spacial score (nSPS) is 11.3. The van der Waals surface area contributed by atoms with Crippen LogP contribution in [0, 0.1) is 0 Å². The molecule has 1 aromatic heterocycles. The van der Waals surface area contributed by atoms with Crippen LogP contribution in [0.15, 0.2) is 237 Å². The minimum Gasteiger partial charge on any atom is -0.311 e. The molecule has 0 bridgehead atoms. The van der Waals surface area contributed by atoms with Gasteiger partial charge in [0.05, 0.1) is 0 Å². The molecule has 0 saturated carbocycles. The number of nitrogens with zero attached hydrogens (tertiary/aromatic N) is 1. The Kier molecular flexibility index (Phi) is 9.11. The van der Waals surface area contributed by atoms with Crippen LogP contribution < -0.4 is 4.90 Å². The Morgan fingerprint density at radius 1 is 0.267 bits per heavy atom. The summed E-state index contributed by atoms with van der Waals surface area (Å²) in [6.07, 6.45) is 0. The zero-order valence-corrected chi connectivity index (χ0v) is 33.7. The summed E-state index contributed by atoms with van der Waals surface area (Å²) in [7, 11) is 0. The predicted molar refractivity (Wildman–Crippen MR) is 259 cm³/mol. The van der Waals surface area contributed by atoms with Crippen LogP contribution in [0.2, 0.25) is 0 Å². The molecule has 1 nitrogen and oxygen atoms in total. The van der Waals surface area contributed by atoms with Crippen molar-refractivity contribution in [3.8, 4) is 55.6 Å². The molecular formula is C58H39NS. The lowest BCUT2D eigenvalue weighted by Crippen LogP contribution is -2.09. The van der Waals surface area contributed by atoms with Crippen molar-refractivity contribution >= 4 is 59.3 Å². The van der Waals surface area contributed by atoms with E-state index in [1.165, 1.54) is 86.6 Å². The second kappa shape index (κ2) is 15.3. The Hall–Kier alpha value is -7.52. The van der Waals surface area contributed by atoms with Crippen molar-refractivity contribution in [2.45, 2.75) is 0 Å². The van der Waals surface area contributed by atoms with E-state index >= 15 is 0 Å². The van der Waals surface area contributed by atoms with E-state index in [0.717, 1.165) is 17.1 Å². The van der Waals surface area contributed by atoms with E-state index in [0.29, 0.717) is 0 Å². The molecular weight excluding hydrogens is 743 g/mol. The van der Waals surface area contributed by atoms with Gasteiger partial charge in [0.15, 0.2) is 0 Å². The molecule has 11 rings (SSSR count). The van der Waals surface area contributed by atoms with Gasteiger partial charge in [0.25, 0.3) is 0 Å². The molecule has 0 radical (unpaired) electrons. The van der Waals surface area contributed by atoms with Crippen LogP contribution in [0.25, 0.3) is 86.6 Å². The molecule has 0 aliphatic heterocycles. The van der Waals surface area contributed by atoms with Gasteiger partial charge in [0.1, 0.15) is 0 Å². The second-order valence-electron chi connectivity index (χ2n) is 15.3. The van der Waals surface area contributed by atoms with Crippen LogP contribution in [0.5, 0.6) is 0 Å². The lowest BCUT2D eigenvalue weighted by molar-refractivity contribution is 1.28. The van der Waals surface area contributed by atoms with Crippen molar-refractivity contribution in [3.63, 3.8) is 0 Å². The predicted octanol–water partition coefficient (Wildman–Crippen LogP) is 17.0.